The van der Waals surface area contributed by atoms with Gasteiger partial charge in [-0.2, -0.15) is 0 Å². The van der Waals surface area contributed by atoms with E-state index in [0.717, 1.165) is 29.6 Å². The van der Waals surface area contributed by atoms with Crippen LogP contribution in [0, 0.1) is 35.0 Å². The second-order valence-corrected chi connectivity index (χ2v) is 12.5. The van der Waals surface area contributed by atoms with Crippen molar-refractivity contribution in [1.82, 2.24) is 5.32 Å². The van der Waals surface area contributed by atoms with Crippen LogP contribution in [0.25, 0.3) is 0 Å². The number of rotatable bonds is 0. The van der Waals surface area contributed by atoms with Crippen LogP contribution in [0.3, 0.4) is 0 Å². The number of hydrogen-bond acceptors (Lipinski definition) is 2. The van der Waals surface area contributed by atoms with E-state index in [1.807, 2.05) is 19.4 Å². The van der Waals surface area contributed by atoms with Gasteiger partial charge in [0.1, 0.15) is 0 Å². The van der Waals surface area contributed by atoms with Crippen molar-refractivity contribution in [3.63, 3.8) is 0 Å². The van der Waals surface area contributed by atoms with Gasteiger partial charge in [0.05, 0.1) is 11.7 Å². The molecule has 0 radical (unpaired) electrons. The molecule has 2 saturated heterocycles. The Balaban J connectivity index is 0.000000796. The van der Waals surface area contributed by atoms with E-state index < -0.39 is 0 Å². The third-order valence-corrected chi connectivity index (χ3v) is 10.9. The predicted molar refractivity (Wildman–Crippen MR) is 137 cm³/mol. The molecule has 0 aromatic rings. The number of piperidine rings is 1. The number of fused-ring (bicyclic) bond motifs is 6. The van der Waals surface area contributed by atoms with E-state index in [2.05, 4.69) is 26.1 Å². The zero-order valence-corrected chi connectivity index (χ0v) is 21.1. The molecular formula is C30H53NO. The maximum absolute atomic E-state index is 6.92. The molecule has 4 aliphatic carbocycles. The summed E-state index contributed by atoms with van der Waals surface area (Å²) in [7, 11) is 0. The summed E-state index contributed by atoms with van der Waals surface area (Å²) in [5.74, 6) is 4.65. The molecular weight excluding hydrogens is 390 g/mol. The van der Waals surface area contributed by atoms with E-state index in [9.17, 15) is 0 Å². The highest BCUT2D eigenvalue weighted by Gasteiger charge is 2.57. The maximum atomic E-state index is 6.92. The number of hydrogen-bond donors (Lipinski definition) is 1. The molecule has 1 spiro atoms. The molecule has 0 aromatic heterocycles. The predicted octanol–water partition coefficient (Wildman–Crippen LogP) is 7.92. The third kappa shape index (κ3) is 3.94. The van der Waals surface area contributed by atoms with Gasteiger partial charge < -0.3 is 10.1 Å². The summed E-state index contributed by atoms with van der Waals surface area (Å²) in [4.78, 5) is 0. The molecule has 2 nitrogen and oxygen atoms in total. The summed E-state index contributed by atoms with van der Waals surface area (Å²) in [5, 5.41) is 3.83. The smallest absolute Gasteiger partial charge is 0.0740 e. The van der Waals surface area contributed by atoms with Crippen LogP contribution in [0.1, 0.15) is 119 Å². The molecule has 0 amide bonds. The highest BCUT2D eigenvalue weighted by atomic mass is 16.5. The van der Waals surface area contributed by atoms with Gasteiger partial charge >= 0.3 is 0 Å². The summed E-state index contributed by atoms with van der Waals surface area (Å²) < 4.78 is 6.92. The van der Waals surface area contributed by atoms with Crippen LogP contribution >= 0.6 is 0 Å². The fraction of sp³-hybridized carbons (Fsp3) is 0.933. The molecule has 2 aliphatic heterocycles. The average molecular weight is 444 g/mol. The first-order valence-corrected chi connectivity index (χ1v) is 14.1. The average Bonchev–Trinajstić information content (AvgIpc) is 3.28. The Morgan fingerprint density at radius 1 is 1.03 bits per heavy atom. The van der Waals surface area contributed by atoms with Crippen molar-refractivity contribution in [2.75, 3.05) is 6.54 Å². The molecule has 9 atom stereocenters. The summed E-state index contributed by atoms with van der Waals surface area (Å²) >= 11 is 0. The first-order valence-electron chi connectivity index (χ1n) is 14.1. The van der Waals surface area contributed by atoms with Gasteiger partial charge in [-0.1, -0.05) is 59.1 Å². The van der Waals surface area contributed by atoms with Gasteiger partial charge in [0.25, 0.3) is 0 Å². The quantitative estimate of drug-likeness (QED) is 0.384. The molecule has 2 heteroatoms. The van der Waals surface area contributed by atoms with Crippen molar-refractivity contribution < 1.29 is 4.74 Å². The minimum Gasteiger partial charge on any atom is -0.370 e. The van der Waals surface area contributed by atoms with Crippen LogP contribution in [0.15, 0.2) is 11.1 Å². The summed E-state index contributed by atoms with van der Waals surface area (Å²) in [6.45, 7) is 12.8. The third-order valence-electron chi connectivity index (χ3n) is 10.9. The fourth-order valence-corrected chi connectivity index (χ4v) is 9.48. The lowest BCUT2D eigenvalue weighted by Gasteiger charge is -2.52. The van der Waals surface area contributed by atoms with Crippen LogP contribution in [-0.4, -0.2) is 24.3 Å². The Kier molecular flexibility index (Phi) is 7.25. The van der Waals surface area contributed by atoms with Gasteiger partial charge in [-0.05, 0) is 113 Å². The topological polar surface area (TPSA) is 21.3 Å². The molecule has 0 bridgehead atoms. The molecule has 1 N–H and O–H groups in total. The first kappa shape index (κ1) is 24.8. The van der Waals surface area contributed by atoms with Crippen molar-refractivity contribution in [2.24, 2.45) is 35.0 Å². The highest BCUT2D eigenvalue weighted by Crippen LogP contribution is 2.64. The van der Waals surface area contributed by atoms with Gasteiger partial charge in [-0.15, -0.1) is 0 Å². The number of ether oxygens (including phenoxy) is 1. The summed E-state index contributed by atoms with van der Waals surface area (Å²) in [6, 6.07) is 0.617. The Labute approximate surface area is 199 Å². The Morgan fingerprint density at radius 2 is 1.84 bits per heavy atom. The van der Waals surface area contributed by atoms with Gasteiger partial charge in [-0.25, -0.2) is 0 Å². The van der Waals surface area contributed by atoms with Gasteiger partial charge in [0, 0.05) is 6.04 Å². The first-order chi connectivity index (χ1) is 15.0. The largest absolute Gasteiger partial charge is 0.370 e. The van der Waals surface area contributed by atoms with Crippen molar-refractivity contribution in [3.05, 3.63) is 11.1 Å². The molecule has 3 saturated carbocycles. The van der Waals surface area contributed by atoms with Crippen molar-refractivity contribution in [3.8, 4) is 0 Å². The summed E-state index contributed by atoms with van der Waals surface area (Å²) in [5.41, 5.74) is 4.44. The van der Waals surface area contributed by atoms with Crippen molar-refractivity contribution in [1.29, 1.82) is 0 Å². The van der Waals surface area contributed by atoms with Crippen molar-refractivity contribution >= 4 is 0 Å². The van der Waals surface area contributed by atoms with E-state index in [1.165, 1.54) is 83.6 Å². The van der Waals surface area contributed by atoms with E-state index in [0.29, 0.717) is 17.6 Å². The molecule has 32 heavy (non-hydrogen) atoms. The normalized spacial score (nSPS) is 49.6. The van der Waals surface area contributed by atoms with E-state index in [4.69, 9.17) is 4.74 Å². The molecule has 2 heterocycles. The molecule has 6 aliphatic rings. The van der Waals surface area contributed by atoms with Crippen LogP contribution in [0.5, 0.6) is 0 Å². The van der Waals surface area contributed by atoms with Crippen LogP contribution in [0.4, 0.5) is 0 Å². The highest BCUT2D eigenvalue weighted by molar-refractivity contribution is 5.28. The number of allylic oxidation sites excluding steroid dienone is 1. The lowest BCUT2D eigenvalue weighted by atomic mass is 9.52. The molecule has 5 fully saturated rings. The zero-order valence-electron chi connectivity index (χ0n) is 21.1. The van der Waals surface area contributed by atoms with Crippen LogP contribution in [0.2, 0.25) is 0 Å². The Bertz CT molecular complexity index is 699. The van der Waals surface area contributed by atoms with Crippen LogP contribution < -0.4 is 5.32 Å². The standard InChI is InChI=1S/C27H43NO.C2H6.CH4/c1-17-12-25-24(28-16-17)15-27(29-25)11-9-20-21-8-7-19-6-4-5-10-26(19,3)23(21)13-22(20)18(2)14-27;1-2;/h17,19-21,23-25,28H,4-16H2,1-3H3;1-2H3;1H4. The zero-order chi connectivity index (χ0) is 21.8. The lowest BCUT2D eigenvalue weighted by Crippen LogP contribution is -2.45. The van der Waals surface area contributed by atoms with Crippen molar-refractivity contribution in [2.45, 2.75) is 137 Å². The molecule has 9 unspecified atom stereocenters. The second-order valence-electron chi connectivity index (χ2n) is 12.5. The lowest BCUT2D eigenvalue weighted by molar-refractivity contribution is -0.0641. The van der Waals surface area contributed by atoms with Crippen LogP contribution in [-0.2, 0) is 4.74 Å². The minimum absolute atomic E-state index is 0. The Hall–Kier alpha value is -0.340. The molecule has 184 valence electrons. The van der Waals surface area contributed by atoms with Gasteiger partial charge in [-0.3, -0.25) is 0 Å². The Morgan fingerprint density at radius 3 is 2.66 bits per heavy atom. The number of nitrogens with one attached hydrogen (secondary N) is 1. The monoisotopic (exact) mass is 443 g/mol. The minimum atomic E-state index is 0. The van der Waals surface area contributed by atoms with Gasteiger partial charge in [0.2, 0.25) is 0 Å². The SMILES string of the molecule is C.CC.CC1=C2CC3C(CCC4CCCCC43C)C2CCC2(C1)CC1NCC(C)CC1O2. The fourth-order valence-electron chi connectivity index (χ4n) is 9.48. The molecule has 6 rings (SSSR count). The van der Waals surface area contributed by atoms with E-state index in [1.54, 1.807) is 5.57 Å². The van der Waals surface area contributed by atoms with E-state index >= 15 is 0 Å². The van der Waals surface area contributed by atoms with E-state index in [-0.39, 0.29) is 13.0 Å². The maximum Gasteiger partial charge on any atom is 0.0740 e. The second kappa shape index (κ2) is 9.37. The molecule has 0 aromatic carbocycles. The van der Waals surface area contributed by atoms with Gasteiger partial charge in [0.15, 0.2) is 0 Å². The summed E-state index contributed by atoms with van der Waals surface area (Å²) in [6.07, 6.45) is 17.4.